The van der Waals surface area contributed by atoms with Crippen LogP contribution in [0.1, 0.15) is 18.9 Å². The van der Waals surface area contributed by atoms with E-state index in [1.54, 1.807) is 19.1 Å². The number of rotatable bonds is 5. The molecule has 0 saturated carbocycles. The maximum Gasteiger partial charge on any atom is 0.707 e. The second-order valence-corrected chi connectivity index (χ2v) is 7.42. The van der Waals surface area contributed by atoms with E-state index in [4.69, 9.17) is 19.5 Å². The summed E-state index contributed by atoms with van der Waals surface area (Å²) in [6, 6.07) is 12.8. The normalized spacial score (nSPS) is 12.1. The first-order valence-corrected chi connectivity index (χ1v) is 10.2. The number of carbonyl (C=O) groups excluding carboxylic acids is 1. The van der Waals surface area contributed by atoms with Crippen LogP contribution in [-0.4, -0.2) is 50.6 Å². The van der Waals surface area contributed by atoms with Gasteiger partial charge in [0.2, 0.25) is 0 Å². The van der Waals surface area contributed by atoms with Gasteiger partial charge in [-0.25, -0.2) is 4.79 Å². The van der Waals surface area contributed by atoms with Gasteiger partial charge in [-0.15, -0.1) is 0 Å². The number of carbonyl (C=O) groups is 1. The van der Waals surface area contributed by atoms with Gasteiger partial charge >= 0.3 is 13.3 Å². The van der Waals surface area contributed by atoms with E-state index in [0.29, 0.717) is 31.0 Å². The molecule has 0 amide bonds. The second-order valence-electron chi connectivity index (χ2n) is 6.50. The fourth-order valence-corrected chi connectivity index (χ4v) is 3.00. The predicted molar refractivity (Wildman–Crippen MR) is 120 cm³/mol. The standard InChI is InChI=1S/C13H13BrO3.C8H12BNO3/c1-2-16-13(15)9-5-6-17-12-4-3-11(14)8-10(12)7-9;1-10(2)7-3-5-8(6-4-7)13-9(11)12/h3-4,7-8H,2,5-6H2,1H3;3-6,11-12H,1-2H3. The molecule has 160 valence electrons. The summed E-state index contributed by atoms with van der Waals surface area (Å²) >= 11 is 3.40. The minimum Gasteiger partial charge on any atom is -0.512 e. The van der Waals surface area contributed by atoms with Crippen molar-refractivity contribution in [2.45, 2.75) is 13.3 Å². The van der Waals surface area contributed by atoms with Crippen LogP contribution in [0.3, 0.4) is 0 Å². The number of hydrogen-bond donors (Lipinski definition) is 2. The third kappa shape index (κ3) is 7.40. The summed E-state index contributed by atoms with van der Waals surface area (Å²) in [5.41, 5.74) is 2.59. The molecule has 7 nitrogen and oxygen atoms in total. The SMILES string of the molecule is CCOC(=O)C1=Cc2cc(Br)ccc2OCC1.CN(C)c1ccc(OB(O)O)cc1. The molecule has 2 aromatic carbocycles. The topological polar surface area (TPSA) is 88.5 Å². The van der Waals surface area contributed by atoms with Gasteiger partial charge in [-0.2, -0.15) is 0 Å². The molecule has 2 N–H and O–H groups in total. The van der Waals surface area contributed by atoms with E-state index in [2.05, 4.69) is 20.6 Å². The van der Waals surface area contributed by atoms with E-state index in [0.717, 1.165) is 21.5 Å². The summed E-state index contributed by atoms with van der Waals surface area (Å²) in [7, 11) is 2.10. The number of benzene rings is 2. The second kappa shape index (κ2) is 11.6. The van der Waals surface area contributed by atoms with Crippen LogP contribution in [0.25, 0.3) is 6.08 Å². The maximum absolute atomic E-state index is 11.7. The van der Waals surface area contributed by atoms with Crippen molar-refractivity contribution in [2.24, 2.45) is 0 Å². The molecule has 0 unspecified atom stereocenters. The fraction of sp³-hybridized carbons (Fsp3) is 0.286. The van der Waals surface area contributed by atoms with Gasteiger partial charge in [0.25, 0.3) is 0 Å². The minimum atomic E-state index is -1.76. The summed E-state index contributed by atoms with van der Waals surface area (Å²) in [6.45, 7) is 2.69. The molecule has 0 atom stereocenters. The zero-order valence-electron chi connectivity index (χ0n) is 17.2. The molecular weight excluding hydrogens is 453 g/mol. The highest BCUT2D eigenvalue weighted by molar-refractivity contribution is 9.10. The average molecular weight is 478 g/mol. The number of nitrogens with zero attached hydrogens (tertiary/aromatic N) is 1. The lowest BCUT2D eigenvalue weighted by atomic mass is 10.1. The van der Waals surface area contributed by atoms with Gasteiger partial charge in [-0.3, -0.25) is 0 Å². The highest BCUT2D eigenvalue weighted by Crippen LogP contribution is 2.29. The van der Waals surface area contributed by atoms with Gasteiger partial charge in [0.15, 0.2) is 0 Å². The molecule has 0 fully saturated rings. The number of fused-ring (bicyclic) bond motifs is 1. The van der Waals surface area contributed by atoms with Gasteiger partial charge in [-0.1, -0.05) is 15.9 Å². The Labute approximate surface area is 185 Å². The predicted octanol–water partition coefficient (Wildman–Crippen LogP) is 3.28. The van der Waals surface area contributed by atoms with Crippen molar-refractivity contribution in [1.82, 2.24) is 0 Å². The molecule has 3 rings (SSSR count). The lowest BCUT2D eigenvalue weighted by molar-refractivity contribution is -0.138. The maximum atomic E-state index is 11.7. The van der Waals surface area contributed by atoms with Crippen molar-refractivity contribution < 1.29 is 29.0 Å². The smallest absolute Gasteiger partial charge is 0.512 e. The number of hydrogen-bond acceptors (Lipinski definition) is 7. The lowest BCUT2D eigenvalue weighted by Crippen LogP contribution is -2.20. The summed E-state index contributed by atoms with van der Waals surface area (Å²) in [6.07, 6.45) is 2.41. The third-order valence-corrected chi connectivity index (χ3v) is 4.56. The highest BCUT2D eigenvalue weighted by Gasteiger charge is 2.16. The Balaban J connectivity index is 0.000000222. The van der Waals surface area contributed by atoms with Gasteiger partial charge in [0, 0.05) is 41.8 Å². The van der Waals surface area contributed by atoms with E-state index in [1.165, 1.54) is 0 Å². The van der Waals surface area contributed by atoms with Crippen molar-refractivity contribution >= 4 is 41.0 Å². The van der Waals surface area contributed by atoms with E-state index in [-0.39, 0.29) is 5.97 Å². The van der Waals surface area contributed by atoms with Crippen LogP contribution in [0.15, 0.2) is 52.5 Å². The first kappa shape index (κ1) is 23.8. The molecule has 0 saturated heterocycles. The van der Waals surface area contributed by atoms with Crippen molar-refractivity contribution in [3.63, 3.8) is 0 Å². The molecule has 30 heavy (non-hydrogen) atoms. The Morgan fingerprint density at radius 2 is 1.90 bits per heavy atom. The average Bonchev–Trinajstić information content (AvgIpc) is 2.90. The van der Waals surface area contributed by atoms with Crippen LogP contribution < -0.4 is 14.3 Å². The molecule has 2 aromatic rings. The van der Waals surface area contributed by atoms with Crippen LogP contribution in [0.4, 0.5) is 5.69 Å². The summed E-state index contributed by atoms with van der Waals surface area (Å²) < 4.78 is 16.2. The molecule has 0 aliphatic carbocycles. The van der Waals surface area contributed by atoms with Crippen molar-refractivity contribution in [1.29, 1.82) is 0 Å². The van der Waals surface area contributed by atoms with Crippen LogP contribution in [0.5, 0.6) is 11.5 Å². The largest absolute Gasteiger partial charge is 0.707 e. The van der Waals surface area contributed by atoms with Gasteiger partial charge in [0.05, 0.1) is 13.2 Å². The highest BCUT2D eigenvalue weighted by atomic mass is 79.9. The van der Waals surface area contributed by atoms with Crippen molar-refractivity contribution in [3.8, 4) is 11.5 Å². The van der Waals surface area contributed by atoms with Gasteiger partial charge < -0.3 is 29.1 Å². The van der Waals surface area contributed by atoms with Crippen LogP contribution in [-0.2, 0) is 9.53 Å². The van der Waals surface area contributed by atoms with Crippen LogP contribution in [0, 0.1) is 0 Å². The number of ether oxygens (including phenoxy) is 2. The van der Waals surface area contributed by atoms with Crippen molar-refractivity contribution in [3.05, 3.63) is 58.1 Å². The first-order chi connectivity index (χ1) is 14.3. The van der Waals surface area contributed by atoms with Crippen LogP contribution >= 0.6 is 15.9 Å². The van der Waals surface area contributed by atoms with E-state index >= 15 is 0 Å². The fourth-order valence-electron chi connectivity index (χ4n) is 2.62. The summed E-state index contributed by atoms with van der Waals surface area (Å²) in [5.74, 6) is 0.969. The Morgan fingerprint density at radius 3 is 2.50 bits per heavy atom. The van der Waals surface area contributed by atoms with Crippen LogP contribution in [0.2, 0.25) is 0 Å². The zero-order valence-corrected chi connectivity index (χ0v) is 18.8. The molecule has 1 aliphatic rings. The summed E-state index contributed by atoms with van der Waals surface area (Å²) in [5, 5.41) is 17.0. The molecular formula is C21H25BBrNO6. The van der Waals surface area contributed by atoms with Gasteiger partial charge in [0.1, 0.15) is 11.5 Å². The molecule has 9 heteroatoms. The van der Waals surface area contributed by atoms with E-state index in [1.807, 2.05) is 55.4 Å². The monoisotopic (exact) mass is 477 g/mol. The third-order valence-electron chi connectivity index (χ3n) is 4.06. The molecule has 1 heterocycles. The number of anilines is 1. The molecule has 0 bridgehead atoms. The zero-order chi connectivity index (χ0) is 22.1. The Morgan fingerprint density at radius 1 is 1.20 bits per heavy atom. The minimum absolute atomic E-state index is 0.260. The van der Waals surface area contributed by atoms with Gasteiger partial charge in [-0.05, 0) is 55.5 Å². The Hall–Kier alpha value is -2.49. The van der Waals surface area contributed by atoms with Crippen molar-refractivity contribution in [2.75, 3.05) is 32.2 Å². The molecule has 0 radical (unpaired) electrons. The quantitative estimate of drug-likeness (QED) is 0.504. The Bertz CT molecular complexity index is 870. The Kier molecular flexibility index (Phi) is 9.23. The summed E-state index contributed by atoms with van der Waals surface area (Å²) in [4.78, 5) is 13.6. The lowest BCUT2D eigenvalue weighted by Gasteiger charge is -2.12. The number of halogens is 1. The molecule has 0 aromatic heterocycles. The van der Waals surface area contributed by atoms with E-state index < -0.39 is 7.32 Å². The molecule has 0 spiro atoms. The first-order valence-electron chi connectivity index (χ1n) is 9.40. The molecule has 1 aliphatic heterocycles. The van der Waals surface area contributed by atoms with E-state index in [9.17, 15) is 4.79 Å². The number of esters is 1.